The third-order valence-corrected chi connectivity index (χ3v) is 13.0. The minimum atomic E-state index is 0.0668. The number of aromatic nitrogens is 4. The molecule has 0 N–H and O–H groups in total. The third-order valence-electron chi connectivity index (χ3n) is 11.9. The first-order valence-corrected chi connectivity index (χ1v) is 19.7. The fraction of sp³-hybridized carbons (Fsp3) is 0. The van der Waals surface area contributed by atoms with Gasteiger partial charge in [-0.05, 0) is 65.5 Å². The fourth-order valence-corrected chi connectivity index (χ4v) is 10.9. The van der Waals surface area contributed by atoms with Crippen LogP contribution < -0.4 is 16.4 Å². The number of hydrogen-bond donors (Lipinski definition) is 0. The zero-order chi connectivity index (χ0) is 35.8. The molecule has 11 aromatic rings. The zero-order valence-corrected chi connectivity index (χ0v) is 30.3. The van der Waals surface area contributed by atoms with E-state index in [-0.39, 0.29) is 6.71 Å². The molecule has 2 aliphatic heterocycles. The predicted molar refractivity (Wildman–Crippen MR) is 230 cm³/mol. The van der Waals surface area contributed by atoms with Crippen LogP contribution in [0.2, 0.25) is 0 Å². The molecule has 0 saturated carbocycles. The molecule has 0 spiro atoms. The normalized spacial score (nSPS) is 13.0. The summed E-state index contributed by atoms with van der Waals surface area (Å²) in [7, 11) is 0. The first-order chi connectivity index (χ1) is 27.3. The fourth-order valence-electron chi connectivity index (χ4n) is 9.67. The number of nitrogens with zero attached hydrogens (tertiary/aromatic N) is 4. The highest BCUT2D eigenvalue weighted by Gasteiger charge is 2.40. The molecular weight excluding hydrogens is 687 g/mol. The molecule has 0 saturated heterocycles. The van der Waals surface area contributed by atoms with E-state index in [1.165, 1.54) is 86.7 Å². The number of para-hydroxylation sites is 5. The van der Waals surface area contributed by atoms with Crippen LogP contribution in [0.25, 0.3) is 83.1 Å². The van der Waals surface area contributed by atoms with E-state index < -0.39 is 0 Å². The van der Waals surface area contributed by atoms with Crippen molar-refractivity contribution in [1.29, 1.82) is 0 Å². The summed E-state index contributed by atoms with van der Waals surface area (Å²) in [6, 6.07) is 64.5. The van der Waals surface area contributed by atoms with Crippen LogP contribution in [0.5, 0.6) is 0 Å². The van der Waals surface area contributed by atoms with Gasteiger partial charge in [0.2, 0.25) is 6.71 Å². The van der Waals surface area contributed by atoms with Gasteiger partial charge in [0.05, 0.1) is 33.1 Å². The Morgan fingerprint density at radius 3 is 1.64 bits per heavy atom. The molecule has 0 unspecified atom stereocenters. The summed E-state index contributed by atoms with van der Waals surface area (Å²) in [4.78, 5) is 7.94. The highest BCUT2D eigenvalue weighted by Crippen LogP contribution is 2.42. The summed E-state index contributed by atoms with van der Waals surface area (Å²) in [5, 5.41) is 5.07. The van der Waals surface area contributed by atoms with Gasteiger partial charge >= 0.3 is 0 Å². The van der Waals surface area contributed by atoms with Gasteiger partial charge in [-0.15, -0.1) is 0 Å². The van der Waals surface area contributed by atoms with Crippen molar-refractivity contribution in [2.75, 3.05) is 0 Å². The number of hydrogen-bond acceptors (Lipinski definition) is 2. The van der Waals surface area contributed by atoms with E-state index in [0.717, 1.165) is 22.6 Å². The van der Waals surface area contributed by atoms with Gasteiger partial charge in [-0.25, -0.2) is 4.98 Å². The largest absolute Gasteiger partial charge is 0.309 e. The molecule has 0 fully saturated rings. The summed E-state index contributed by atoms with van der Waals surface area (Å²) in [6.07, 6.45) is 0. The molecule has 8 aromatic carbocycles. The molecule has 4 nitrogen and oxygen atoms in total. The lowest BCUT2D eigenvalue weighted by molar-refractivity contribution is 1.08. The van der Waals surface area contributed by atoms with Crippen molar-refractivity contribution in [1.82, 2.24) is 18.7 Å². The molecule has 2 aliphatic rings. The zero-order valence-electron chi connectivity index (χ0n) is 29.5. The average molecular weight is 717 g/mol. The van der Waals surface area contributed by atoms with Crippen LogP contribution in [-0.2, 0) is 0 Å². The van der Waals surface area contributed by atoms with E-state index in [0.29, 0.717) is 0 Å². The predicted octanol–water partition coefficient (Wildman–Crippen LogP) is 10.2. The molecular formula is C49H29BN4S. The van der Waals surface area contributed by atoms with Crippen LogP contribution in [0.4, 0.5) is 0 Å². The van der Waals surface area contributed by atoms with E-state index >= 15 is 0 Å². The summed E-state index contributed by atoms with van der Waals surface area (Å²) >= 11 is 1.90. The van der Waals surface area contributed by atoms with E-state index in [1.807, 2.05) is 11.8 Å². The van der Waals surface area contributed by atoms with E-state index in [4.69, 9.17) is 4.98 Å². The second-order valence-electron chi connectivity index (χ2n) is 14.7. The van der Waals surface area contributed by atoms with Gasteiger partial charge < -0.3 is 9.13 Å². The highest BCUT2D eigenvalue weighted by molar-refractivity contribution is 8.00. The molecule has 0 radical (unpaired) electrons. The summed E-state index contributed by atoms with van der Waals surface area (Å²) in [5.41, 5.74) is 15.7. The molecule has 0 amide bonds. The van der Waals surface area contributed by atoms with Crippen LogP contribution in [0.1, 0.15) is 0 Å². The van der Waals surface area contributed by atoms with Gasteiger partial charge in [0.25, 0.3) is 0 Å². The Morgan fingerprint density at radius 1 is 0.436 bits per heavy atom. The van der Waals surface area contributed by atoms with Crippen LogP contribution in [0.3, 0.4) is 0 Å². The van der Waals surface area contributed by atoms with Crippen molar-refractivity contribution in [3.63, 3.8) is 0 Å². The van der Waals surface area contributed by atoms with Crippen LogP contribution >= 0.6 is 11.8 Å². The second kappa shape index (κ2) is 10.9. The number of rotatable bonds is 3. The lowest BCUT2D eigenvalue weighted by atomic mass is 9.35. The van der Waals surface area contributed by atoms with E-state index in [2.05, 4.69) is 190 Å². The lowest BCUT2D eigenvalue weighted by Gasteiger charge is -2.34. The second-order valence-corrected chi connectivity index (χ2v) is 15.8. The quantitative estimate of drug-likeness (QED) is 0.170. The molecule has 3 aromatic heterocycles. The van der Waals surface area contributed by atoms with Crippen LogP contribution in [0.15, 0.2) is 186 Å². The van der Waals surface area contributed by atoms with Gasteiger partial charge in [0, 0.05) is 54.0 Å². The average Bonchev–Trinajstić information content (AvgIpc) is 3.91. The van der Waals surface area contributed by atoms with Crippen molar-refractivity contribution in [2.24, 2.45) is 0 Å². The highest BCUT2D eigenvalue weighted by atomic mass is 32.2. The van der Waals surface area contributed by atoms with Gasteiger partial charge in [0.15, 0.2) is 0 Å². The summed E-state index contributed by atoms with van der Waals surface area (Å²) < 4.78 is 7.34. The molecule has 6 heteroatoms. The minimum Gasteiger partial charge on any atom is -0.309 e. The van der Waals surface area contributed by atoms with Gasteiger partial charge in [-0.3, -0.25) is 4.57 Å². The van der Waals surface area contributed by atoms with E-state index in [9.17, 15) is 0 Å². The van der Waals surface area contributed by atoms with Gasteiger partial charge in [-0.2, -0.15) is 0 Å². The topological polar surface area (TPSA) is 27.7 Å². The monoisotopic (exact) mass is 716 g/mol. The van der Waals surface area contributed by atoms with Crippen molar-refractivity contribution in [2.45, 2.75) is 9.79 Å². The molecule has 254 valence electrons. The molecule has 5 heterocycles. The standard InChI is InChI=1S/C49H29BN4S/c1-2-13-30(14-3-1)49-51-39-20-12-19-38-48(39)54(49)44-27-32(53-42-23-10-6-17-35(42)36-18-7-11-24-43(36)53)29-46-47(44)50(38)37-26-25-31(28-45(37)55-46)52-40-21-8-4-15-33(40)34-16-5-9-22-41(34)52/h1-29H. The third kappa shape index (κ3) is 3.96. The maximum atomic E-state index is 5.37. The molecule has 13 rings (SSSR count). The van der Waals surface area contributed by atoms with Crippen molar-refractivity contribution < 1.29 is 0 Å². The lowest BCUT2D eigenvalue weighted by Crippen LogP contribution is -2.58. The van der Waals surface area contributed by atoms with Crippen LogP contribution in [-0.4, -0.2) is 25.4 Å². The molecule has 0 atom stereocenters. The SMILES string of the molecule is c1ccc(-c2nc3cccc4c3n2-c2cc(-n3c5ccccc5c5ccccc53)cc3c2B4c2ccc(-n4c5ccccc5c5ccccc54)cc2S3)cc1. The van der Waals surface area contributed by atoms with Gasteiger partial charge in [0.1, 0.15) is 5.82 Å². The molecule has 0 bridgehead atoms. The Kier molecular flexibility index (Phi) is 5.88. The Balaban J connectivity index is 1.12. The maximum Gasteiger partial charge on any atom is 0.249 e. The number of imidazole rings is 1. The van der Waals surface area contributed by atoms with Gasteiger partial charge in [-0.1, -0.05) is 139 Å². The van der Waals surface area contributed by atoms with Crippen molar-refractivity contribution in [3.8, 4) is 28.5 Å². The summed E-state index contributed by atoms with van der Waals surface area (Å²) in [6.45, 7) is 0.0668. The van der Waals surface area contributed by atoms with Crippen molar-refractivity contribution in [3.05, 3.63) is 176 Å². The first kappa shape index (κ1) is 29.7. The van der Waals surface area contributed by atoms with E-state index in [1.54, 1.807) is 0 Å². The molecule has 55 heavy (non-hydrogen) atoms. The smallest absolute Gasteiger partial charge is 0.249 e. The Hall–Kier alpha value is -6.76. The Labute approximate surface area is 321 Å². The minimum absolute atomic E-state index is 0.0668. The number of benzene rings is 8. The van der Waals surface area contributed by atoms with Crippen molar-refractivity contribution >= 4 is 89.5 Å². The number of fused-ring (bicyclic) bond motifs is 10. The maximum absolute atomic E-state index is 5.37. The first-order valence-electron chi connectivity index (χ1n) is 18.8. The summed E-state index contributed by atoms with van der Waals surface area (Å²) in [5.74, 6) is 0.973. The Bertz CT molecular complexity index is 3320. The Morgan fingerprint density at radius 2 is 1.00 bits per heavy atom. The molecule has 0 aliphatic carbocycles. The van der Waals surface area contributed by atoms with Crippen LogP contribution in [0, 0.1) is 0 Å².